The lowest BCUT2D eigenvalue weighted by molar-refractivity contribution is 0.589. The van der Waals surface area contributed by atoms with Gasteiger partial charge in [0.2, 0.25) is 5.89 Å². The van der Waals surface area contributed by atoms with Crippen molar-refractivity contribution < 1.29 is 4.42 Å². The van der Waals surface area contributed by atoms with Crippen LogP contribution >= 0.6 is 15.9 Å². The van der Waals surface area contributed by atoms with Crippen molar-refractivity contribution in [3.05, 3.63) is 88.4 Å². The summed E-state index contributed by atoms with van der Waals surface area (Å²) in [5.74, 6) is 1.43. The molecule has 0 aliphatic carbocycles. The number of hydrogen-bond donors (Lipinski definition) is 0. The largest absolute Gasteiger partial charge is 0.435 e. The Labute approximate surface area is 161 Å². The van der Waals surface area contributed by atoms with Gasteiger partial charge in [0.15, 0.2) is 5.76 Å². The van der Waals surface area contributed by atoms with Crippen LogP contribution in [0, 0.1) is 13.8 Å². The standard InChI is InChI=1S/C23H18BrNO/c1-15-8-9-16(2)20(14-15)21-22(17-10-12-19(24)13-11-17)26-23(25-21)18-6-4-3-5-7-18/h3-14H,1-2H3. The predicted octanol–water partition coefficient (Wildman–Crippen LogP) is 7.05. The molecule has 0 aliphatic heterocycles. The number of oxazole rings is 1. The highest BCUT2D eigenvalue weighted by Crippen LogP contribution is 2.37. The zero-order chi connectivity index (χ0) is 18.1. The maximum Gasteiger partial charge on any atom is 0.227 e. The van der Waals surface area contributed by atoms with Crippen molar-refractivity contribution in [2.75, 3.05) is 0 Å². The summed E-state index contributed by atoms with van der Waals surface area (Å²) in [5.41, 5.74) is 6.36. The van der Waals surface area contributed by atoms with E-state index in [2.05, 4.69) is 48.0 Å². The van der Waals surface area contributed by atoms with Gasteiger partial charge in [-0.15, -0.1) is 0 Å². The smallest absolute Gasteiger partial charge is 0.227 e. The topological polar surface area (TPSA) is 26.0 Å². The van der Waals surface area contributed by atoms with Crippen LogP contribution in [0.1, 0.15) is 11.1 Å². The van der Waals surface area contributed by atoms with Gasteiger partial charge in [-0.1, -0.05) is 64.0 Å². The van der Waals surface area contributed by atoms with Gasteiger partial charge in [-0.25, -0.2) is 4.98 Å². The highest BCUT2D eigenvalue weighted by atomic mass is 79.9. The Morgan fingerprint density at radius 2 is 1.54 bits per heavy atom. The van der Waals surface area contributed by atoms with Gasteiger partial charge < -0.3 is 4.42 Å². The zero-order valence-electron chi connectivity index (χ0n) is 14.7. The molecule has 0 atom stereocenters. The second-order valence-corrected chi connectivity index (χ2v) is 7.30. The summed E-state index contributed by atoms with van der Waals surface area (Å²) < 4.78 is 7.29. The van der Waals surface area contributed by atoms with Crippen molar-refractivity contribution in [1.29, 1.82) is 0 Å². The molecule has 4 rings (SSSR count). The highest BCUT2D eigenvalue weighted by Gasteiger charge is 2.19. The molecule has 0 saturated carbocycles. The summed E-state index contributed by atoms with van der Waals surface area (Å²) in [4.78, 5) is 4.87. The number of rotatable bonds is 3. The number of benzene rings is 3. The molecule has 0 radical (unpaired) electrons. The summed E-state index contributed by atoms with van der Waals surface area (Å²) in [6, 6.07) is 24.6. The Hall–Kier alpha value is -2.65. The Morgan fingerprint density at radius 3 is 2.27 bits per heavy atom. The second kappa shape index (κ2) is 6.93. The monoisotopic (exact) mass is 403 g/mol. The first-order valence-electron chi connectivity index (χ1n) is 8.51. The summed E-state index contributed by atoms with van der Waals surface area (Å²) >= 11 is 3.50. The molecule has 128 valence electrons. The van der Waals surface area contributed by atoms with Crippen LogP contribution in [0.15, 0.2) is 81.7 Å². The number of hydrogen-bond acceptors (Lipinski definition) is 2. The lowest BCUT2D eigenvalue weighted by Gasteiger charge is -2.06. The number of aromatic nitrogens is 1. The van der Waals surface area contributed by atoms with E-state index in [0.29, 0.717) is 5.89 Å². The number of aryl methyl sites for hydroxylation is 2. The molecule has 0 spiro atoms. The molecule has 0 saturated heterocycles. The van der Waals surface area contributed by atoms with E-state index in [9.17, 15) is 0 Å². The average molecular weight is 404 g/mol. The van der Waals surface area contributed by atoms with Gasteiger partial charge in [-0.05, 0) is 49.7 Å². The molecule has 0 aliphatic rings. The van der Waals surface area contributed by atoms with Gasteiger partial charge in [0, 0.05) is 21.2 Å². The van der Waals surface area contributed by atoms with E-state index in [-0.39, 0.29) is 0 Å². The van der Waals surface area contributed by atoms with Crippen LogP contribution in [0.4, 0.5) is 0 Å². The third-order valence-electron chi connectivity index (χ3n) is 4.40. The van der Waals surface area contributed by atoms with E-state index in [4.69, 9.17) is 9.40 Å². The molecule has 3 heteroatoms. The van der Waals surface area contributed by atoms with Crippen LogP contribution in [0.3, 0.4) is 0 Å². The molecule has 1 aromatic heterocycles. The van der Waals surface area contributed by atoms with E-state index >= 15 is 0 Å². The summed E-state index contributed by atoms with van der Waals surface area (Å²) in [6.45, 7) is 4.21. The van der Waals surface area contributed by atoms with E-state index in [0.717, 1.165) is 32.6 Å². The van der Waals surface area contributed by atoms with Gasteiger partial charge in [0.05, 0.1) is 0 Å². The molecule has 0 N–H and O–H groups in total. The third-order valence-corrected chi connectivity index (χ3v) is 4.93. The van der Waals surface area contributed by atoms with Crippen molar-refractivity contribution in [3.8, 4) is 34.0 Å². The van der Waals surface area contributed by atoms with Crippen molar-refractivity contribution in [2.24, 2.45) is 0 Å². The lowest BCUT2D eigenvalue weighted by atomic mass is 10.00. The maximum absolute atomic E-state index is 6.25. The summed E-state index contributed by atoms with van der Waals surface area (Å²) in [6.07, 6.45) is 0. The first kappa shape index (κ1) is 16.8. The summed E-state index contributed by atoms with van der Waals surface area (Å²) in [5, 5.41) is 0. The SMILES string of the molecule is Cc1ccc(C)c(-c2nc(-c3ccccc3)oc2-c2ccc(Br)cc2)c1. The van der Waals surface area contributed by atoms with Crippen LogP contribution in [0.5, 0.6) is 0 Å². The van der Waals surface area contributed by atoms with Gasteiger partial charge in [-0.3, -0.25) is 0 Å². The van der Waals surface area contributed by atoms with Crippen LogP contribution in [-0.2, 0) is 0 Å². The van der Waals surface area contributed by atoms with Crippen molar-refractivity contribution in [3.63, 3.8) is 0 Å². The summed E-state index contributed by atoms with van der Waals surface area (Å²) in [7, 11) is 0. The molecular weight excluding hydrogens is 386 g/mol. The molecule has 0 unspecified atom stereocenters. The van der Waals surface area contributed by atoms with Crippen LogP contribution in [0.25, 0.3) is 34.0 Å². The van der Waals surface area contributed by atoms with E-state index in [1.54, 1.807) is 0 Å². The first-order chi connectivity index (χ1) is 12.6. The molecule has 2 nitrogen and oxygen atoms in total. The van der Waals surface area contributed by atoms with Gasteiger partial charge in [0.25, 0.3) is 0 Å². The molecule has 0 bridgehead atoms. The maximum atomic E-state index is 6.25. The molecule has 0 fully saturated rings. The van der Waals surface area contributed by atoms with Crippen LogP contribution in [-0.4, -0.2) is 4.98 Å². The van der Waals surface area contributed by atoms with Gasteiger partial charge in [0.1, 0.15) is 5.69 Å². The molecular formula is C23H18BrNO. The third kappa shape index (κ3) is 3.23. The molecule has 3 aromatic carbocycles. The highest BCUT2D eigenvalue weighted by molar-refractivity contribution is 9.10. The van der Waals surface area contributed by atoms with E-state index in [1.165, 1.54) is 11.1 Å². The zero-order valence-corrected chi connectivity index (χ0v) is 16.2. The first-order valence-corrected chi connectivity index (χ1v) is 9.31. The molecule has 26 heavy (non-hydrogen) atoms. The fourth-order valence-corrected chi connectivity index (χ4v) is 3.26. The Morgan fingerprint density at radius 1 is 0.808 bits per heavy atom. The second-order valence-electron chi connectivity index (χ2n) is 6.39. The number of halogens is 1. The normalized spacial score (nSPS) is 10.9. The van der Waals surface area contributed by atoms with Crippen LogP contribution < -0.4 is 0 Å². The minimum absolute atomic E-state index is 0.638. The Kier molecular flexibility index (Phi) is 4.48. The Bertz CT molecular complexity index is 1050. The molecule has 0 amide bonds. The lowest BCUT2D eigenvalue weighted by Crippen LogP contribution is -1.88. The minimum atomic E-state index is 0.638. The van der Waals surface area contributed by atoms with Gasteiger partial charge >= 0.3 is 0 Å². The fraction of sp³-hybridized carbons (Fsp3) is 0.0870. The van der Waals surface area contributed by atoms with E-state index in [1.807, 2.05) is 54.6 Å². The Balaban J connectivity index is 1.95. The average Bonchev–Trinajstić information content (AvgIpc) is 3.10. The number of nitrogens with zero attached hydrogens (tertiary/aromatic N) is 1. The quantitative estimate of drug-likeness (QED) is 0.366. The van der Waals surface area contributed by atoms with Gasteiger partial charge in [-0.2, -0.15) is 0 Å². The van der Waals surface area contributed by atoms with Crippen LogP contribution in [0.2, 0.25) is 0 Å². The minimum Gasteiger partial charge on any atom is -0.435 e. The molecule has 1 heterocycles. The van der Waals surface area contributed by atoms with Crippen molar-refractivity contribution in [1.82, 2.24) is 4.98 Å². The van der Waals surface area contributed by atoms with Crippen molar-refractivity contribution in [2.45, 2.75) is 13.8 Å². The van der Waals surface area contributed by atoms with E-state index < -0.39 is 0 Å². The molecule has 4 aromatic rings. The fourth-order valence-electron chi connectivity index (χ4n) is 2.99. The predicted molar refractivity (Wildman–Crippen MR) is 110 cm³/mol. The van der Waals surface area contributed by atoms with Crippen molar-refractivity contribution >= 4 is 15.9 Å².